The molecular formula is C68H46N4. The lowest BCUT2D eigenvalue weighted by Crippen LogP contribution is -2.27. The minimum absolute atomic E-state index is 0.406. The second-order valence-electron chi connectivity index (χ2n) is 21.2. The molecule has 12 bridgehead atoms. The largest absolute Gasteiger partial charge is 0.341 e. The van der Waals surface area contributed by atoms with E-state index >= 15 is 0 Å². The molecule has 11 aromatic carbocycles. The number of hydrogen-bond acceptors (Lipinski definition) is 4. The summed E-state index contributed by atoms with van der Waals surface area (Å²) in [6, 6.07) is 79.9. The highest BCUT2D eigenvalue weighted by Crippen LogP contribution is 2.61. The third-order valence-electron chi connectivity index (χ3n) is 18.1. The predicted octanol–water partition coefficient (Wildman–Crippen LogP) is 17.7. The average Bonchev–Trinajstić information content (AvgIpc) is 3.84. The van der Waals surface area contributed by atoms with E-state index in [0.29, 0.717) is 0 Å². The summed E-state index contributed by atoms with van der Waals surface area (Å²) in [5.41, 5.74) is 29.1. The van der Waals surface area contributed by atoms with Crippen LogP contribution in [-0.4, -0.2) is 14.1 Å². The van der Waals surface area contributed by atoms with E-state index in [1.54, 1.807) is 0 Å². The van der Waals surface area contributed by atoms with Gasteiger partial charge in [0.1, 0.15) is 0 Å². The van der Waals surface area contributed by atoms with Crippen LogP contribution in [0.25, 0.3) is 66.1 Å². The molecule has 6 aliphatic rings. The summed E-state index contributed by atoms with van der Waals surface area (Å²) in [7, 11) is 4.43. The second kappa shape index (κ2) is 13.1. The number of hydrogen-bond donors (Lipinski definition) is 0. The number of rotatable bonds is 0. The zero-order valence-electron chi connectivity index (χ0n) is 40.4. The van der Waals surface area contributed by atoms with Gasteiger partial charge in [0.2, 0.25) is 0 Å². The van der Waals surface area contributed by atoms with Crippen molar-refractivity contribution in [1.82, 2.24) is 0 Å². The van der Waals surface area contributed by atoms with Crippen molar-refractivity contribution in [1.29, 1.82) is 0 Å². The lowest BCUT2D eigenvalue weighted by molar-refractivity contribution is 0.714. The molecule has 4 aliphatic heterocycles. The van der Waals surface area contributed by atoms with E-state index in [9.17, 15) is 0 Å². The monoisotopic (exact) mass is 918 g/mol. The van der Waals surface area contributed by atoms with E-state index in [1.807, 2.05) is 0 Å². The van der Waals surface area contributed by atoms with E-state index in [2.05, 4.69) is 254 Å². The minimum Gasteiger partial charge on any atom is -0.341 e. The van der Waals surface area contributed by atoms with Crippen molar-refractivity contribution in [2.75, 3.05) is 33.7 Å². The third-order valence-corrected chi connectivity index (χ3v) is 18.1. The van der Waals surface area contributed by atoms with Gasteiger partial charge in [-0.2, -0.15) is 0 Å². The first kappa shape index (κ1) is 38.9. The van der Waals surface area contributed by atoms with Gasteiger partial charge < -0.3 is 19.6 Å². The fourth-order valence-corrected chi connectivity index (χ4v) is 14.6. The van der Waals surface area contributed by atoms with Gasteiger partial charge >= 0.3 is 0 Å². The molecule has 0 radical (unpaired) electrons. The van der Waals surface area contributed by atoms with Crippen LogP contribution in [0.5, 0.6) is 0 Å². The maximum absolute atomic E-state index is 2.55. The van der Waals surface area contributed by atoms with Gasteiger partial charge in [-0.1, -0.05) is 121 Å². The zero-order chi connectivity index (χ0) is 47.5. The molecule has 338 valence electrons. The van der Waals surface area contributed by atoms with Crippen LogP contribution in [0.3, 0.4) is 0 Å². The van der Waals surface area contributed by atoms with Crippen molar-refractivity contribution in [3.8, 4) is 44.5 Å². The van der Waals surface area contributed by atoms with E-state index in [4.69, 9.17) is 0 Å². The van der Waals surface area contributed by atoms with Gasteiger partial charge in [0.15, 0.2) is 0 Å². The number of fused-ring (bicyclic) bond motifs is 24. The Morgan fingerprint density at radius 3 is 1.14 bits per heavy atom. The van der Waals surface area contributed by atoms with Gasteiger partial charge in [-0.05, 0) is 198 Å². The third kappa shape index (κ3) is 4.52. The summed E-state index contributed by atoms with van der Waals surface area (Å²) in [5.74, 6) is 0. The van der Waals surface area contributed by atoms with Crippen molar-refractivity contribution >= 4 is 78.4 Å². The first-order valence-electron chi connectivity index (χ1n) is 25.4. The lowest BCUT2D eigenvalue weighted by Gasteiger charge is -2.40. The van der Waals surface area contributed by atoms with Crippen molar-refractivity contribution in [3.05, 3.63) is 240 Å². The van der Waals surface area contributed by atoms with Crippen LogP contribution >= 0.6 is 0 Å². The van der Waals surface area contributed by atoms with Crippen LogP contribution in [0.1, 0.15) is 47.2 Å². The van der Waals surface area contributed by atoms with E-state index in [-0.39, 0.29) is 0 Å². The molecular weight excluding hydrogens is 873 g/mol. The van der Waals surface area contributed by atoms with Gasteiger partial charge in [-0.25, -0.2) is 0 Å². The van der Waals surface area contributed by atoms with E-state index in [0.717, 1.165) is 11.4 Å². The molecule has 0 saturated heterocycles. The van der Waals surface area contributed by atoms with Crippen LogP contribution < -0.4 is 19.6 Å². The summed E-state index contributed by atoms with van der Waals surface area (Å²) in [5, 5.41) is 4.97. The van der Waals surface area contributed by atoms with Crippen LogP contribution in [0.2, 0.25) is 0 Å². The number of nitrogens with zero attached hydrogens (tertiary/aromatic N) is 4. The van der Waals surface area contributed by atoms with Gasteiger partial charge in [0.25, 0.3) is 0 Å². The molecule has 4 heterocycles. The Balaban J connectivity index is 1.05. The highest BCUT2D eigenvalue weighted by Gasteiger charge is 2.45. The number of anilines is 10. The van der Waals surface area contributed by atoms with Crippen molar-refractivity contribution < 1.29 is 0 Å². The summed E-state index contributed by atoms with van der Waals surface area (Å²) >= 11 is 0. The molecule has 0 saturated carbocycles. The maximum atomic E-state index is 2.55. The quantitative estimate of drug-likeness (QED) is 0.141. The Kier molecular flexibility index (Phi) is 7.08. The van der Waals surface area contributed by atoms with Crippen molar-refractivity contribution in [2.24, 2.45) is 0 Å². The Morgan fingerprint density at radius 2 is 0.681 bits per heavy atom. The molecule has 2 atom stereocenters. The Bertz CT molecular complexity index is 4060. The molecule has 0 spiro atoms. The summed E-state index contributed by atoms with van der Waals surface area (Å²) in [4.78, 5) is 9.81. The van der Waals surface area contributed by atoms with Crippen LogP contribution in [0.15, 0.2) is 206 Å². The minimum atomic E-state index is -0.406. The Morgan fingerprint density at radius 1 is 0.292 bits per heavy atom. The Labute approximate surface area is 418 Å². The van der Waals surface area contributed by atoms with Crippen LogP contribution in [-0.2, 0) is 10.8 Å². The molecule has 72 heavy (non-hydrogen) atoms. The highest BCUT2D eigenvalue weighted by atomic mass is 15.3. The molecule has 0 N–H and O–H groups in total. The topological polar surface area (TPSA) is 13.0 Å². The number of benzene rings is 11. The molecule has 0 aromatic heterocycles. The van der Waals surface area contributed by atoms with Gasteiger partial charge in [-0.3, -0.25) is 0 Å². The lowest BCUT2D eigenvalue weighted by atomic mass is 9.72. The summed E-state index contributed by atoms with van der Waals surface area (Å²) in [6.07, 6.45) is 0. The molecule has 0 fully saturated rings. The fraction of sp³-hybridized carbons (Fsp3) is 0.0882. The number of para-hydroxylation sites is 4. The molecule has 2 aliphatic carbocycles. The standard InChI is InChI=1S/C68H46N4/c1-67-41-23-31-59-63(35-41)71(61-19-11-9-17-57(61)69(59)3)43-25-30-50-51(37-43)65(39-21-27-47(55(67)33-39)45-13-5-7-15-53(45)67)49-29-26-44-38-52(49)66(50)40-22-28-48-46-14-6-8-16-54(46)68(2,56(48)34-40)42-24-32-60-64(36-42)72(44)62-20-12-10-18-58(62)70(60)4/h5-38H,1-4H3. The molecule has 2 unspecified atom stereocenters. The first-order chi connectivity index (χ1) is 35.3. The SMILES string of the molecule is CN1c2ccccc2N2c3ccc4c5c6cc(ccc6c(c4c3)-c3ccc4c(c3)C(C)(c3ccc1c2c3)c1ccccc1-4)N1c2ccccc2N(C)c2ccc(cc21)C1(C)c2ccccc2-c2ccc-5cc21. The summed E-state index contributed by atoms with van der Waals surface area (Å²) in [6.45, 7) is 4.92. The smallest absolute Gasteiger partial charge is 0.0702 e. The van der Waals surface area contributed by atoms with Gasteiger partial charge in [0, 0.05) is 36.3 Å². The predicted molar refractivity (Wildman–Crippen MR) is 300 cm³/mol. The zero-order valence-corrected chi connectivity index (χ0v) is 40.4. The average molecular weight is 919 g/mol. The summed E-state index contributed by atoms with van der Waals surface area (Å²) < 4.78 is 0. The van der Waals surface area contributed by atoms with Crippen LogP contribution in [0, 0.1) is 0 Å². The molecule has 4 heteroatoms. The second-order valence-corrected chi connectivity index (χ2v) is 21.2. The molecule has 0 amide bonds. The first-order valence-corrected chi connectivity index (χ1v) is 25.4. The molecule has 11 aromatic rings. The molecule has 17 rings (SSSR count). The normalized spacial score (nSPS) is 18.3. The Hall–Kier alpha value is -8.86. The van der Waals surface area contributed by atoms with Crippen molar-refractivity contribution in [3.63, 3.8) is 0 Å². The van der Waals surface area contributed by atoms with Gasteiger partial charge in [-0.15, -0.1) is 0 Å². The van der Waals surface area contributed by atoms with E-state index < -0.39 is 10.8 Å². The highest BCUT2D eigenvalue weighted by molar-refractivity contribution is 6.23. The molecule has 4 nitrogen and oxygen atoms in total. The maximum Gasteiger partial charge on any atom is 0.0702 e. The van der Waals surface area contributed by atoms with Gasteiger partial charge in [0.05, 0.1) is 45.5 Å². The van der Waals surface area contributed by atoms with Crippen LogP contribution in [0.4, 0.5) is 56.9 Å². The fourth-order valence-electron chi connectivity index (χ4n) is 14.6. The van der Waals surface area contributed by atoms with E-state index in [1.165, 1.54) is 145 Å². The van der Waals surface area contributed by atoms with Crippen molar-refractivity contribution in [2.45, 2.75) is 24.7 Å².